The summed E-state index contributed by atoms with van der Waals surface area (Å²) in [6, 6.07) is 6.29. The summed E-state index contributed by atoms with van der Waals surface area (Å²) in [7, 11) is -1.88. The lowest BCUT2D eigenvalue weighted by molar-refractivity contribution is 0.0953. The van der Waals surface area contributed by atoms with Crippen LogP contribution in [0.4, 0.5) is 0 Å². The number of carbonyl (C=O) groups is 1. The molecule has 8 heteroatoms. The van der Waals surface area contributed by atoms with Crippen molar-refractivity contribution in [2.24, 2.45) is 12.2 Å². The van der Waals surface area contributed by atoms with Crippen molar-refractivity contribution in [3.05, 3.63) is 46.8 Å². The standard InChI is InChI=1S/C15H20N4O3S/c1-10-14(11(2)19(3)18-10)15(20)17-9-8-12-4-6-13(7-5-12)23(16,21)22/h4-7H,8-9H2,1-3H3,(H,17,20)(H2,16,21,22). The molecule has 0 aliphatic heterocycles. The van der Waals surface area contributed by atoms with Crippen LogP contribution in [0.25, 0.3) is 0 Å². The Hall–Kier alpha value is -2.19. The highest BCUT2D eigenvalue weighted by Gasteiger charge is 2.16. The summed E-state index contributed by atoms with van der Waals surface area (Å²) in [5.41, 5.74) is 3.02. The molecule has 0 bridgehead atoms. The second kappa shape index (κ2) is 6.51. The van der Waals surface area contributed by atoms with Crippen LogP contribution in [0.5, 0.6) is 0 Å². The molecule has 1 aromatic heterocycles. The van der Waals surface area contributed by atoms with E-state index in [9.17, 15) is 13.2 Å². The van der Waals surface area contributed by atoms with Crippen LogP contribution in [0, 0.1) is 13.8 Å². The average Bonchev–Trinajstić information content (AvgIpc) is 2.71. The van der Waals surface area contributed by atoms with Gasteiger partial charge in [-0.2, -0.15) is 5.10 Å². The largest absolute Gasteiger partial charge is 0.352 e. The lowest BCUT2D eigenvalue weighted by Crippen LogP contribution is -2.26. The van der Waals surface area contributed by atoms with Crippen LogP contribution in [0.3, 0.4) is 0 Å². The number of nitrogens with zero attached hydrogens (tertiary/aromatic N) is 2. The van der Waals surface area contributed by atoms with Gasteiger partial charge in [0.1, 0.15) is 0 Å². The van der Waals surface area contributed by atoms with Gasteiger partial charge in [0.05, 0.1) is 16.2 Å². The van der Waals surface area contributed by atoms with Gasteiger partial charge in [0.2, 0.25) is 10.0 Å². The summed E-state index contributed by atoms with van der Waals surface area (Å²) < 4.78 is 24.0. The van der Waals surface area contributed by atoms with Crippen molar-refractivity contribution in [3.63, 3.8) is 0 Å². The molecule has 1 aromatic carbocycles. The zero-order chi connectivity index (χ0) is 17.2. The minimum atomic E-state index is -3.68. The Balaban J connectivity index is 1.96. The van der Waals surface area contributed by atoms with Crippen LogP contribution in [0.2, 0.25) is 0 Å². The van der Waals surface area contributed by atoms with Gasteiger partial charge in [-0.3, -0.25) is 9.48 Å². The molecule has 2 rings (SSSR count). The van der Waals surface area contributed by atoms with Gasteiger partial charge >= 0.3 is 0 Å². The molecule has 0 unspecified atom stereocenters. The lowest BCUT2D eigenvalue weighted by Gasteiger charge is -2.06. The van der Waals surface area contributed by atoms with Crippen molar-refractivity contribution in [2.45, 2.75) is 25.2 Å². The smallest absolute Gasteiger partial charge is 0.255 e. The van der Waals surface area contributed by atoms with E-state index in [4.69, 9.17) is 5.14 Å². The number of benzene rings is 1. The third kappa shape index (κ3) is 3.96. The van der Waals surface area contributed by atoms with Crippen molar-refractivity contribution in [3.8, 4) is 0 Å². The first-order chi connectivity index (χ1) is 10.7. The van der Waals surface area contributed by atoms with Gasteiger partial charge in [-0.1, -0.05) is 12.1 Å². The highest BCUT2D eigenvalue weighted by atomic mass is 32.2. The molecule has 3 N–H and O–H groups in total. The fourth-order valence-corrected chi connectivity index (χ4v) is 2.87. The van der Waals surface area contributed by atoms with Crippen LogP contribution in [-0.2, 0) is 23.5 Å². The number of sulfonamides is 1. The molecule has 0 saturated carbocycles. The van der Waals surface area contributed by atoms with Crippen molar-refractivity contribution in [2.75, 3.05) is 6.54 Å². The number of primary sulfonamides is 1. The third-order valence-electron chi connectivity index (χ3n) is 3.69. The first-order valence-corrected chi connectivity index (χ1v) is 8.65. The molecule has 23 heavy (non-hydrogen) atoms. The molecule has 124 valence electrons. The number of nitrogens with two attached hydrogens (primary N) is 1. The number of aryl methyl sites for hydroxylation is 2. The van der Waals surface area contributed by atoms with E-state index in [1.165, 1.54) is 12.1 Å². The highest BCUT2D eigenvalue weighted by molar-refractivity contribution is 7.89. The quantitative estimate of drug-likeness (QED) is 0.836. The second-order valence-electron chi connectivity index (χ2n) is 5.36. The number of aromatic nitrogens is 2. The minimum Gasteiger partial charge on any atom is -0.352 e. The molecule has 7 nitrogen and oxygen atoms in total. The topological polar surface area (TPSA) is 107 Å². The predicted molar refractivity (Wildman–Crippen MR) is 86.5 cm³/mol. The monoisotopic (exact) mass is 336 g/mol. The van der Waals surface area contributed by atoms with Crippen LogP contribution < -0.4 is 10.5 Å². The second-order valence-corrected chi connectivity index (χ2v) is 6.93. The Morgan fingerprint density at radius 2 is 1.87 bits per heavy atom. The van der Waals surface area contributed by atoms with E-state index in [1.807, 2.05) is 6.92 Å². The summed E-state index contributed by atoms with van der Waals surface area (Å²) in [6.07, 6.45) is 0.592. The van der Waals surface area contributed by atoms with Gasteiger partial charge in [-0.05, 0) is 38.0 Å². The Morgan fingerprint density at radius 1 is 1.26 bits per heavy atom. The molecule has 0 saturated heterocycles. The fourth-order valence-electron chi connectivity index (χ4n) is 2.36. The maximum atomic E-state index is 12.2. The van der Waals surface area contributed by atoms with Crippen LogP contribution in [0.1, 0.15) is 27.3 Å². The third-order valence-corrected chi connectivity index (χ3v) is 4.62. The van der Waals surface area contributed by atoms with Gasteiger partial charge in [0.15, 0.2) is 0 Å². The highest BCUT2D eigenvalue weighted by Crippen LogP contribution is 2.12. The van der Waals surface area contributed by atoms with Crippen LogP contribution in [-0.4, -0.2) is 30.7 Å². The molecule has 0 radical (unpaired) electrons. The molecule has 0 atom stereocenters. The number of rotatable bonds is 5. The van der Waals surface area contributed by atoms with Crippen molar-refractivity contribution in [1.29, 1.82) is 0 Å². The number of carbonyl (C=O) groups excluding carboxylic acids is 1. The average molecular weight is 336 g/mol. The molecule has 0 fully saturated rings. The van der Waals surface area contributed by atoms with Crippen molar-refractivity contribution >= 4 is 15.9 Å². The zero-order valence-corrected chi connectivity index (χ0v) is 14.1. The van der Waals surface area contributed by atoms with Crippen LogP contribution >= 0.6 is 0 Å². The minimum absolute atomic E-state index is 0.0758. The summed E-state index contributed by atoms with van der Waals surface area (Å²) >= 11 is 0. The normalized spacial score (nSPS) is 11.5. The van der Waals surface area contributed by atoms with E-state index in [0.29, 0.717) is 24.2 Å². The molecular weight excluding hydrogens is 316 g/mol. The predicted octanol–water partition coefficient (Wildman–Crippen LogP) is 0.657. The molecule has 1 heterocycles. The van der Waals surface area contributed by atoms with Gasteiger partial charge in [0, 0.05) is 19.3 Å². The number of amides is 1. The van der Waals surface area contributed by atoms with Gasteiger partial charge < -0.3 is 5.32 Å². The first kappa shape index (κ1) is 17.2. The SMILES string of the molecule is Cc1nn(C)c(C)c1C(=O)NCCc1ccc(S(N)(=O)=O)cc1. The number of nitrogens with one attached hydrogen (secondary N) is 1. The Bertz CT molecular complexity index is 823. The Morgan fingerprint density at radius 3 is 2.35 bits per heavy atom. The maximum absolute atomic E-state index is 12.2. The van der Waals surface area contributed by atoms with Gasteiger partial charge in [-0.25, -0.2) is 13.6 Å². The maximum Gasteiger partial charge on any atom is 0.255 e. The van der Waals surface area contributed by atoms with E-state index in [2.05, 4.69) is 10.4 Å². The Labute approximate surface area is 135 Å². The molecular formula is C15H20N4O3S. The summed E-state index contributed by atoms with van der Waals surface area (Å²) in [4.78, 5) is 12.3. The van der Waals surface area contributed by atoms with E-state index >= 15 is 0 Å². The van der Waals surface area contributed by atoms with E-state index in [1.54, 1.807) is 30.8 Å². The molecule has 1 amide bonds. The lowest BCUT2D eigenvalue weighted by atomic mass is 10.1. The van der Waals surface area contributed by atoms with E-state index in [0.717, 1.165) is 11.3 Å². The first-order valence-electron chi connectivity index (χ1n) is 7.10. The van der Waals surface area contributed by atoms with Crippen molar-refractivity contribution in [1.82, 2.24) is 15.1 Å². The van der Waals surface area contributed by atoms with Gasteiger partial charge in [0.25, 0.3) is 5.91 Å². The number of hydrogen-bond acceptors (Lipinski definition) is 4. The summed E-state index contributed by atoms with van der Waals surface area (Å²) in [5.74, 6) is -0.158. The van der Waals surface area contributed by atoms with Crippen LogP contribution in [0.15, 0.2) is 29.2 Å². The van der Waals surface area contributed by atoms with E-state index in [-0.39, 0.29) is 10.8 Å². The summed E-state index contributed by atoms with van der Waals surface area (Å²) in [6.45, 7) is 4.09. The summed E-state index contributed by atoms with van der Waals surface area (Å²) in [5, 5.41) is 12.1. The molecule has 0 spiro atoms. The Kier molecular flexibility index (Phi) is 4.86. The number of hydrogen-bond donors (Lipinski definition) is 2. The molecule has 0 aliphatic rings. The van der Waals surface area contributed by atoms with Crippen molar-refractivity contribution < 1.29 is 13.2 Å². The zero-order valence-electron chi connectivity index (χ0n) is 13.3. The fraction of sp³-hybridized carbons (Fsp3) is 0.333. The van der Waals surface area contributed by atoms with E-state index < -0.39 is 10.0 Å². The molecule has 0 aliphatic carbocycles. The van der Waals surface area contributed by atoms with Gasteiger partial charge in [-0.15, -0.1) is 0 Å². The molecule has 2 aromatic rings.